The Morgan fingerprint density at radius 2 is 2.16 bits per heavy atom. The van der Waals surface area contributed by atoms with Gasteiger partial charge < -0.3 is 15.3 Å². The van der Waals surface area contributed by atoms with E-state index in [1.807, 2.05) is 6.92 Å². The van der Waals surface area contributed by atoms with Crippen molar-refractivity contribution in [2.24, 2.45) is 0 Å². The fraction of sp³-hybridized carbons (Fsp3) is 0.333. The van der Waals surface area contributed by atoms with E-state index >= 15 is 0 Å². The van der Waals surface area contributed by atoms with Gasteiger partial charge in [-0.25, -0.2) is 9.18 Å². The zero-order chi connectivity index (χ0) is 14.4. The van der Waals surface area contributed by atoms with Crippen molar-refractivity contribution >= 4 is 33.6 Å². The molecular weight excluding hydrogens is 319 g/mol. The highest BCUT2D eigenvalue weighted by Crippen LogP contribution is 2.20. The molecule has 1 rings (SSSR count). The number of carboxylic acid groups (broad SMARTS) is 1. The van der Waals surface area contributed by atoms with Gasteiger partial charge in [0.15, 0.2) is 0 Å². The molecule has 5 nitrogen and oxygen atoms in total. The van der Waals surface area contributed by atoms with Gasteiger partial charge >= 0.3 is 12.0 Å². The predicted molar refractivity (Wildman–Crippen MR) is 72.6 cm³/mol. The second-order valence-corrected chi connectivity index (χ2v) is 4.73. The van der Waals surface area contributed by atoms with Crippen LogP contribution in [0.3, 0.4) is 0 Å². The van der Waals surface area contributed by atoms with Crippen molar-refractivity contribution in [2.45, 2.75) is 13.3 Å². The van der Waals surface area contributed by atoms with E-state index in [9.17, 15) is 14.0 Å². The molecular formula is C12H14BrFN2O3. The number of nitrogens with zero attached hydrogens (tertiary/aromatic N) is 1. The lowest BCUT2D eigenvalue weighted by Crippen LogP contribution is -2.39. The Labute approximate surface area is 118 Å². The summed E-state index contributed by atoms with van der Waals surface area (Å²) in [5.74, 6) is -1.52. The Bertz CT molecular complexity index is 482. The second-order valence-electron chi connectivity index (χ2n) is 3.87. The highest BCUT2D eigenvalue weighted by molar-refractivity contribution is 9.10. The van der Waals surface area contributed by atoms with Crippen molar-refractivity contribution in [3.05, 3.63) is 28.5 Å². The van der Waals surface area contributed by atoms with Crippen LogP contribution in [0.2, 0.25) is 0 Å². The van der Waals surface area contributed by atoms with Crippen LogP contribution < -0.4 is 5.32 Å². The number of hydrogen-bond donors (Lipinski definition) is 2. The smallest absolute Gasteiger partial charge is 0.323 e. The van der Waals surface area contributed by atoms with Crippen molar-refractivity contribution in [2.75, 3.05) is 18.4 Å². The van der Waals surface area contributed by atoms with Crippen molar-refractivity contribution in [1.29, 1.82) is 0 Å². The molecule has 0 aromatic heterocycles. The zero-order valence-corrected chi connectivity index (χ0v) is 11.9. The maximum Gasteiger partial charge on any atom is 0.323 e. The zero-order valence-electron chi connectivity index (χ0n) is 10.3. The van der Waals surface area contributed by atoms with E-state index in [4.69, 9.17) is 5.11 Å². The average molecular weight is 333 g/mol. The summed E-state index contributed by atoms with van der Waals surface area (Å²) >= 11 is 3.01. The lowest BCUT2D eigenvalue weighted by Gasteiger charge is -2.20. The van der Waals surface area contributed by atoms with Crippen LogP contribution in [0.1, 0.15) is 13.3 Å². The highest BCUT2D eigenvalue weighted by Gasteiger charge is 2.16. The van der Waals surface area contributed by atoms with Gasteiger partial charge in [0, 0.05) is 12.2 Å². The second kappa shape index (κ2) is 7.08. The summed E-state index contributed by atoms with van der Waals surface area (Å²) in [6.45, 7) is 1.80. The number of benzene rings is 1. The number of nitrogens with one attached hydrogen (secondary N) is 1. The summed E-state index contributed by atoms with van der Waals surface area (Å²) in [6.07, 6.45) is 0.647. The minimum Gasteiger partial charge on any atom is -0.480 e. The molecule has 0 atom stereocenters. The van der Waals surface area contributed by atoms with E-state index in [1.54, 1.807) is 0 Å². The monoisotopic (exact) mass is 332 g/mol. The van der Waals surface area contributed by atoms with Crippen LogP contribution in [0.5, 0.6) is 0 Å². The third-order valence-electron chi connectivity index (χ3n) is 2.28. The number of rotatable bonds is 5. The minimum absolute atomic E-state index is 0.227. The summed E-state index contributed by atoms with van der Waals surface area (Å²) in [7, 11) is 0. The first kappa shape index (κ1) is 15.4. The topological polar surface area (TPSA) is 69.6 Å². The van der Waals surface area contributed by atoms with Crippen LogP contribution >= 0.6 is 15.9 Å². The van der Waals surface area contributed by atoms with Crippen molar-refractivity contribution < 1.29 is 19.1 Å². The first-order chi connectivity index (χ1) is 8.93. The van der Waals surface area contributed by atoms with Gasteiger partial charge in [-0.3, -0.25) is 4.79 Å². The summed E-state index contributed by atoms with van der Waals surface area (Å²) in [6, 6.07) is 3.50. The van der Waals surface area contributed by atoms with E-state index in [2.05, 4.69) is 21.2 Å². The molecule has 0 saturated carbocycles. The van der Waals surface area contributed by atoms with Gasteiger partial charge in [-0.1, -0.05) is 6.92 Å². The standard InChI is InChI=1S/C12H14BrFN2O3/c1-2-5-16(7-11(17)18)12(19)15-8-3-4-10(14)9(13)6-8/h3-4,6H,2,5,7H2,1H3,(H,15,19)(H,17,18). The van der Waals surface area contributed by atoms with Gasteiger partial charge in [-0.05, 0) is 40.5 Å². The number of aliphatic carboxylic acids is 1. The van der Waals surface area contributed by atoms with Gasteiger partial charge in [0.25, 0.3) is 0 Å². The van der Waals surface area contributed by atoms with Gasteiger partial charge in [0.2, 0.25) is 0 Å². The van der Waals surface area contributed by atoms with E-state index in [0.717, 1.165) is 0 Å². The SMILES string of the molecule is CCCN(CC(=O)O)C(=O)Nc1ccc(F)c(Br)c1. The van der Waals surface area contributed by atoms with Crippen molar-refractivity contribution in [3.63, 3.8) is 0 Å². The average Bonchev–Trinajstić information content (AvgIpc) is 2.33. The van der Waals surface area contributed by atoms with Gasteiger partial charge in [0.05, 0.1) is 4.47 Å². The maximum atomic E-state index is 13.0. The minimum atomic E-state index is -1.08. The Hall–Kier alpha value is -1.63. The molecule has 0 saturated heterocycles. The third kappa shape index (κ3) is 4.86. The number of amides is 2. The molecule has 0 aliphatic rings. The number of halogens is 2. The number of carbonyl (C=O) groups is 2. The van der Waals surface area contributed by atoms with Gasteiger partial charge in [-0.2, -0.15) is 0 Å². The first-order valence-electron chi connectivity index (χ1n) is 5.66. The van der Waals surface area contributed by atoms with E-state index in [0.29, 0.717) is 18.7 Å². The summed E-state index contributed by atoms with van der Waals surface area (Å²) in [5, 5.41) is 11.3. The predicted octanol–water partition coefficient (Wildman–Crippen LogP) is 2.92. The molecule has 1 aromatic rings. The van der Waals surface area contributed by atoms with Crippen LogP contribution in [0.25, 0.3) is 0 Å². The highest BCUT2D eigenvalue weighted by atomic mass is 79.9. The molecule has 0 heterocycles. The molecule has 0 spiro atoms. The maximum absolute atomic E-state index is 13.0. The fourth-order valence-corrected chi connectivity index (χ4v) is 1.84. The molecule has 0 unspecified atom stereocenters. The van der Waals surface area contributed by atoms with Crippen LogP contribution in [0, 0.1) is 5.82 Å². The molecule has 0 aliphatic carbocycles. The Kier molecular flexibility index (Phi) is 5.75. The molecule has 0 fully saturated rings. The van der Waals surface area contributed by atoms with E-state index < -0.39 is 17.8 Å². The molecule has 0 bridgehead atoms. The van der Waals surface area contributed by atoms with E-state index in [1.165, 1.54) is 23.1 Å². The molecule has 104 valence electrons. The summed E-state index contributed by atoms with van der Waals surface area (Å²) in [5.41, 5.74) is 0.393. The van der Waals surface area contributed by atoms with Crippen LogP contribution in [0.4, 0.5) is 14.9 Å². The van der Waals surface area contributed by atoms with E-state index in [-0.39, 0.29) is 11.0 Å². The Morgan fingerprint density at radius 1 is 1.47 bits per heavy atom. The lowest BCUT2D eigenvalue weighted by molar-refractivity contribution is -0.137. The number of anilines is 1. The van der Waals surface area contributed by atoms with Gasteiger partial charge in [0.1, 0.15) is 12.4 Å². The molecule has 7 heteroatoms. The van der Waals surface area contributed by atoms with Gasteiger partial charge in [-0.15, -0.1) is 0 Å². The largest absolute Gasteiger partial charge is 0.480 e. The number of hydrogen-bond acceptors (Lipinski definition) is 2. The molecule has 0 radical (unpaired) electrons. The van der Waals surface area contributed by atoms with Crippen LogP contribution in [0.15, 0.2) is 22.7 Å². The number of carbonyl (C=O) groups excluding carboxylic acids is 1. The molecule has 2 N–H and O–H groups in total. The van der Waals surface area contributed by atoms with Crippen LogP contribution in [-0.4, -0.2) is 35.1 Å². The third-order valence-corrected chi connectivity index (χ3v) is 2.89. The first-order valence-corrected chi connectivity index (χ1v) is 6.46. The quantitative estimate of drug-likeness (QED) is 0.870. The Morgan fingerprint density at radius 3 is 2.68 bits per heavy atom. The molecule has 2 amide bonds. The van der Waals surface area contributed by atoms with Crippen molar-refractivity contribution in [1.82, 2.24) is 4.90 Å². The Balaban J connectivity index is 2.74. The van der Waals surface area contributed by atoms with Crippen LogP contribution in [-0.2, 0) is 4.79 Å². The van der Waals surface area contributed by atoms with Crippen molar-refractivity contribution in [3.8, 4) is 0 Å². The molecule has 1 aromatic carbocycles. The normalized spacial score (nSPS) is 10.1. The summed E-state index contributed by atoms with van der Waals surface area (Å²) in [4.78, 5) is 23.7. The molecule has 0 aliphatic heterocycles. The molecule has 19 heavy (non-hydrogen) atoms. The summed E-state index contributed by atoms with van der Waals surface area (Å²) < 4.78 is 13.3. The lowest BCUT2D eigenvalue weighted by atomic mass is 10.3. The number of urea groups is 1. The fourth-order valence-electron chi connectivity index (χ4n) is 1.46. The number of carboxylic acids is 1.